The Morgan fingerprint density at radius 1 is 1.33 bits per heavy atom. The number of fused-ring (bicyclic) bond motifs is 1. The van der Waals surface area contributed by atoms with Gasteiger partial charge in [0.1, 0.15) is 5.69 Å². The zero-order valence-electron chi connectivity index (χ0n) is 12.0. The van der Waals surface area contributed by atoms with E-state index in [-0.39, 0.29) is 35.0 Å². The number of aromatic nitrogens is 1. The average Bonchev–Trinajstić information content (AvgIpc) is 3.06. The predicted octanol–water partition coefficient (Wildman–Crippen LogP) is 1.95. The molecule has 0 radical (unpaired) electrons. The number of aryl methyl sites for hydroxylation is 1. The molecule has 1 saturated heterocycles. The van der Waals surface area contributed by atoms with Crippen LogP contribution >= 0.6 is 0 Å². The highest BCUT2D eigenvalue weighted by Crippen LogP contribution is 2.46. The largest absolute Gasteiger partial charge is 0.477 e. The molecule has 3 rings (SSSR count). The number of hydrogen-bond donors (Lipinski definition) is 2. The van der Waals surface area contributed by atoms with Gasteiger partial charge in [-0.25, -0.2) is 9.69 Å². The monoisotopic (exact) mass is 290 g/mol. The van der Waals surface area contributed by atoms with Gasteiger partial charge in [-0.2, -0.15) is 0 Å². The molecule has 2 unspecified atom stereocenters. The quantitative estimate of drug-likeness (QED) is 0.832. The van der Waals surface area contributed by atoms with Crippen LogP contribution in [0.2, 0.25) is 0 Å². The van der Waals surface area contributed by atoms with Crippen molar-refractivity contribution in [3.63, 3.8) is 0 Å². The first-order chi connectivity index (χ1) is 9.93. The molecular formula is C15H18N2O4. The number of rotatable bonds is 3. The van der Waals surface area contributed by atoms with Crippen molar-refractivity contribution in [2.24, 2.45) is 17.8 Å². The first kappa shape index (κ1) is 13.9. The van der Waals surface area contributed by atoms with Crippen molar-refractivity contribution in [1.82, 2.24) is 4.98 Å². The maximum Gasteiger partial charge on any atom is 0.354 e. The SMILES string of the molecule is CCC1CC2C(=O)N(c3cc(C)[nH]c3C(=O)O)C(=O)C2C1. The van der Waals surface area contributed by atoms with E-state index in [4.69, 9.17) is 0 Å². The summed E-state index contributed by atoms with van der Waals surface area (Å²) in [6, 6.07) is 1.55. The molecule has 1 aromatic rings. The molecule has 1 aromatic heterocycles. The van der Waals surface area contributed by atoms with Gasteiger partial charge in [-0.05, 0) is 31.7 Å². The Labute approximate surface area is 122 Å². The number of hydrogen-bond acceptors (Lipinski definition) is 3. The summed E-state index contributed by atoms with van der Waals surface area (Å²) in [6.07, 6.45) is 2.43. The molecule has 0 bridgehead atoms. The van der Waals surface area contributed by atoms with Crippen molar-refractivity contribution in [1.29, 1.82) is 0 Å². The van der Waals surface area contributed by atoms with Gasteiger partial charge >= 0.3 is 5.97 Å². The molecule has 21 heavy (non-hydrogen) atoms. The van der Waals surface area contributed by atoms with Crippen LogP contribution in [0.1, 0.15) is 42.4 Å². The van der Waals surface area contributed by atoms with E-state index >= 15 is 0 Å². The minimum atomic E-state index is -1.16. The van der Waals surface area contributed by atoms with E-state index in [1.165, 1.54) is 0 Å². The van der Waals surface area contributed by atoms with Crippen LogP contribution in [0.4, 0.5) is 5.69 Å². The predicted molar refractivity (Wildman–Crippen MR) is 75.0 cm³/mol. The first-order valence-corrected chi connectivity index (χ1v) is 7.24. The van der Waals surface area contributed by atoms with Crippen molar-refractivity contribution in [2.45, 2.75) is 33.1 Å². The molecule has 0 aromatic carbocycles. The number of aromatic carboxylic acids is 1. The van der Waals surface area contributed by atoms with Crippen molar-refractivity contribution < 1.29 is 19.5 Å². The van der Waals surface area contributed by atoms with Crippen LogP contribution in [0.3, 0.4) is 0 Å². The van der Waals surface area contributed by atoms with Gasteiger partial charge < -0.3 is 10.1 Å². The Morgan fingerprint density at radius 3 is 2.38 bits per heavy atom. The Balaban J connectivity index is 1.97. The normalized spacial score (nSPS) is 28.3. The van der Waals surface area contributed by atoms with Gasteiger partial charge in [0, 0.05) is 5.69 Å². The standard InChI is InChI=1S/C15H18N2O4/c1-3-8-5-9-10(6-8)14(19)17(13(9)18)11-4-7(2)16-12(11)15(20)21/h4,8-10,16H,3,5-6H2,1-2H3,(H,20,21). The summed E-state index contributed by atoms with van der Waals surface area (Å²) in [5.74, 6) is -1.80. The molecule has 2 atom stereocenters. The molecule has 6 nitrogen and oxygen atoms in total. The Kier molecular flexibility index (Phi) is 3.11. The third-order valence-corrected chi connectivity index (χ3v) is 4.70. The lowest BCUT2D eigenvalue weighted by Gasteiger charge is -2.17. The van der Waals surface area contributed by atoms with E-state index in [0.29, 0.717) is 11.6 Å². The minimum absolute atomic E-state index is 0.0961. The first-order valence-electron chi connectivity index (χ1n) is 7.24. The van der Waals surface area contributed by atoms with E-state index < -0.39 is 5.97 Å². The van der Waals surface area contributed by atoms with Gasteiger partial charge in [0.25, 0.3) is 0 Å². The summed E-state index contributed by atoms with van der Waals surface area (Å²) in [5, 5.41) is 9.21. The van der Waals surface area contributed by atoms with Crippen molar-refractivity contribution in [3.8, 4) is 0 Å². The van der Waals surface area contributed by atoms with E-state index in [2.05, 4.69) is 11.9 Å². The van der Waals surface area contributed by atoms with E-state index in [1.807, 2.05) is 0 Å². The third-order valence-electron chi connectivity index (χ3n) is 4.70. The zero-order chi connectivity index (χ0) is 15.3. The highest BCUT2D eigenvalue weighted by atomic mass is 16.4. The zero-order valence-corrected chi connectivity index (χ0v) is 12.0. The smallest absolute Gasteiger partial charge is 0.354 e. The van der Waals surface area contributed by atoms with Gasteiger partial charge in [0.2, 0.25) is 11.8 Å². The van der Waals surface area contributed by atoms with Crippen LogP contribution < -0.4 is 4.90 Å². The number of carbonyl (C=O) groups excluding carboxylic acids is 2. The fourth-order valence-electron chi connectivity index (χ4n) is 3.61. The highest BCUT2D eigenvalue weighted by Gasteiger charge is 2.53. The second-order valence-electron chi connectivity index (χ2n) is 5.99. The number of carboxylic acids is 1. The lowest BCUT2D eigenvalue weighted by atomic mass is 10.00. The number of aromatic amines is 1. The number of amides is 2. The van der Waals surface area contributed by atoms with Crippen LogP contribution in [-0.4, -0.2) is 27.9 Å². The molecule has 6 heteroatoms. The fourth-order valence-corrected chi connectivity index (χ4v) is 3.61. The van der Waals surface area contributed by atoms with Gasteiger partial charge in [-0.15, -0.1) is 0 Å². The van der Waals surface area contributed by atoms with Crippen molar-refractivity contribution >= 4 is 23.5 Å². The van der Waals surface area contributed by atoms with E-state index in [1.54, 1.807) is 13.0 Å². The summed E-state index contributed by atoms with van der Waals surface area (Å²) in [5.41, 5.74) is 0.699. The van der Waals surface area contributed by atoms with Crippen molar-refractivity contribution in [3.05, 3.63) is 17.5 Å². The number of carbonyl (C=O) groups is 3. The molecule has 112 valence electrons. The summed E-state index contributed by atoms with van der Waals surface area (Å²) in [4.78, 5) is 40.1. The molecule has 2 aliphatic rings. The van der Waals surface area contributed by atoms with Gasteiger partial charge in [-0.1, -0.05) is 13.3 Å². The summed E-state index contributed by atoms with van der Waals surface area (Å²) < 4.78 is 0. The van der Waals surface area contributed by atoms with Crippen LogP contribution in [0.5, 0.6) is 0 Å². The number of nitrogens with one attached hydrogen (secondary N) is 1. The number of anilines is 1. The second-order valence-corrected chi connectivity index (χ2v) is 5.99. The van der Waals surface area contributed by atoms with Gasteiger partial charge in [0.05, 0.1) is 17.5 Å². The number of carboxylic acid groups (broad SMARTS) is 1. The summed E-state index contributed by atoms with van der Waals surface area (Å²) in [6.45, 7) is 3.77. The molecule has 1 saturated carbocycles. The molecule has 2 heterocycles. The minimum Gasteiger partial charge on any atom is -0.477 e. The molecule has 1 aliphatic heterocycles. The lowest BCUT2D eigenvalue weighted by Crippen LogP contribution is -2.33. The number of nitrogens with zero attached hydrogens (tertiary/aromatic N) is 1. The average molecular weight is 290 g/mol. The maximum absolute atomic E-state index is 12.5. The Morgan fingerprint density at radius 2 is 1.90 bits per heavy atom. The van der Waals surface area contributed by atoms with Gasteiger partial charge in [0.15, 0.2) is 0 Å². The van der Waals surface area contributed by atoms with E-state index in [0.717, 1.165) is 24.2 Å². The molecule has 2 N–H and O–H groups in total. The molecule has 2 amide bonds. The second kappa shape index (κ2) is 4.72. The summed E-state index contributed by atoms with van der Waals surface area (Å²) >= 11 is 0. The maximum atomic E-state index is 12.5. The summed E-state index contributed by atoms with van der Waals surface area (Å²) in [7, 11) is 0. The number of imide groups is 1. The molecule has 1 aliphatic carbocycles. The third kappa shape index (κ3) is 1.97. The topological polar surface area (TPSA) is 90.5 Å². The van der Waals surface area contributed by atoms with Crippen LogP contribution in [-0.2, 0) is 9.59 Å². The Hall–Kier alpha value is -2.11. The highest BCUT2D eigenvalue weighted by molar-refractivity contribution is 6.23. The van der Waals surface area contributed by atoms with E-state index in [9.17, 15) is 19.5 Å². The van der Waals surface area contributed by atoms with Gasteiger partial charge in [-0.3, -0.25) is 9.59 Å². The fraction of sp³-hybridized carbons (Fsp3) is 0.533. The molecule has 0 spiro atoms. The van der Waals surface area contributed by atoms with Crippen LogP contribution in [0.25, 0.3) is 0 Å². The molecule has 2 fully saturated rings. The molecular weight excluding hydrogens is 272 g/mol. The van der Waals surface area contributed by atoms with Crippen molar-refractivity contribution in [2.75, 3.05) is 4.90 Å². The Bertz CT molecular complexity index is 610. The lowest BCUT2D eigenvalue weighted by molar-refractivity contribution is -0.123. The number of H-pyrrole nitrogens is 1. The van der Waals surface area contributed by atoms with Crippen LogP contribution in [0.15, 0.2) is 6.07 Å². The van der Waals surface area contributed by atoms with Crippen LogP contribution in [0, 0.1) is 24.7 Å².